The van der Waals surface area contributed by atoms with Crippen molar-refractivity contribution in [1.82, 2.24) is 30.0 Å². The summed E-state index contributed by atoms with van der Waals surface area (Å²) in [6.45, 7) is 4.34. The molecule has 2 atom stereocenters. The second-order valence-electron chi connectivity index (χ2n) is 7.74. The molecule has 160 valence electrons. The summed E-state index contributed by atoms with van der Waals surface area (Å²) in [4.78, 5) is 14.5. The molecule has 11 heteroatoms. The Kier molecular flexibility index (Phi) is 5.32. The van der Waals surface area contributed by atoms with Gasteiger partial charge >= 0.3 is 5.92 Å². The van der Waals surface area contributed by atoms with Gasteiger partial charge in [0.2, 0.25) is 5.82 Å². The number of pyridine rings is 1. The molecule has 6 heterocycles. The number of rotatable bonds is 4. The van der Waals surface area contributed by atoms with Crippen molar-refractivity contribution >= 4 is 40.7 Å². The van der Waals surface area contributed by atoms with Crippen molar-refractivity contribution in [2.75, 3.05) is 18.0 Å². The maximum absolute atomic E-state index is 14.0. The van der Waals surface area contributed by atoms with Crippen molar-refractivity contribution in [2.45, 2.75) is 44.7 Å². The summed E-state index contributed by atoms with van der Waals surface area (Å²) in [6.07, 6.45) is 3.36. The van der Waals surface area contributed by atoms with Gasteiger partial charge in [-0.15, -0.1) is 17.5 Å². The first kappa shape index (κ1) is 21.1. The molecule has 0 spiro atoms. The standard InChI is InChI=1S/C19H20ClF2N7.ClH/c1-3-10-5-16(26-18(25-10)19(2,21)22)29-14-6-15(20)23-7-13(14)17(27-29)28-8-11-4-12(9-28)24-11;/h5-7,11-12,24H,3-4,8-9H2,1-2H3;1H. The maximum atomic E-state index is 14.0. The van der Waals surface area contributed by atoms with Crippen LogP contribution in [0.1, 0.15) is 31.8 Å². The van der Waals surface area contributed by atoms with E-state index in [1.807, 2.05) is 6.92 Å². The van der Waals surface area contributed by atoms with E-state index >= 15 is 0 Å². The van der Waals surface area contributed by atoms with Crippen molar-refractivity contribution in [3.8, 4) is 5.82 Å². The van der Waals surface area contributed by atoms with Crippen LogP contribution in [-0.2, 0) is 12.3 Å². The van der Waals surface area contributed by atoms with Gasteiger partial charge in [-0.2, -0.15) is 8.78 Å². The molecule has 0 aromatic carbocycles. The molecule has 0 saturated carbocycles. The first-order valence-electron chi connectivity index (χ1n) is 9.63. The van der Waals surface area contributed by atoms with Crippen LogP contribution in [0, 0.1) is 0 Å². The van der Waals surface area contributed by atoms with Crippen LogP contribution < -0.4 is 10.2 Å². The third-order valence-electron chi connectivity index (χ3n) is 5.47. The van der Waals surface area contributed by atoms with Crippen LogP contribution in [0.5, 0.6) is 0 Å². The fourth-order valence-corrected chi connectivity index (χ4v) is 4.19. The molecule has 30 heavy (non-hydrogen) atoms. The first-order valence-corrected chi connectivity index (χ1v) is 10.0. The molecule has 7 nitrogen and oxygen atoms in total. The van der Waals surface area contributed by atoms with Crippen LogP contribution in [-0.4, -0.2) is 49.9 Å². The van der Waals surface area contributed by atoms with Gasteiger partial charge in [0.05, 0.1) is 10.9 Å². The molecule has 0 amide bonds. The molecule has 3 fully saturated rings. The van der Waals surface area contributed by atoms with E-state index in [2.05, 4.69) is 25.2 Å². The summed E-state index contributed by atoms with van der Waals surface area (Å²) >= 11 is 6.14. The molecule has 3 saturated heterocycles. The average Bonchev–Trinajstić information content (AvgIpc) is 3.05. The Bertz CT molecular complexity index is 1080. The van der Waals surface area contributed by atoms with Crippen LogP contribution in [0.25, 0.3) is 16.7 Å². The van der Waals surface area contributed by atoms with Crippen molar-refractivity contribution in [1.29, 1.82) is 0 Å². The molecule has 2 unspecified atom stereocenters. The largest absolute Gasteiger partial charge is 0.351 e. The molecule has 1 N–H and O–H groups in total. The molecule has 3 aromatic rings. The minimum absolute atomic E-state index is 0. The number of nitrogens with zero attached hydrogens (tertiary/aromatic N) is 6. The van der Waals surface area contributed by atoms with Crippen molar-refractivity contribution < 1.29 is 8.78 Å². The van der Waals surface area contributed by atoms with Crippen molar-refractivity contribution in [3.63, 3.8) is 0 Å². The minimum Gasteiger partial charge on any atom is -0.351 e. The lowest BCUT2D eigenvalue weighted by atomic mass is 9.91. The summed E-state index contributed by atoms with van der Waals surface area (Å²) in [7, 11) is 0. The Morgan fingerprint density at radius 2 is 1.93 bits per heavy atom. The SMILES string of the molecule is CCc1cc(-n2nc(N3CC4CC(C3)N4)c3cnc(Cl)cc32)nc(C(C)(F)F)n1.Cl. The van der Waals surface area contributed by atoms with Gasteiger partial charge in [-0.3, -0.25) is 0 Å². The van der Waals surface area contributed by atoms with E-state index in [9.17, 15) is 8.78 Å². The number of fused-ring (bicyclic) bond motifs is 3. The number of aromatic nitrogens is 5. The monoisotopic (exact) mass is 455 g/mol. The molecule has 3 aliphatic rings. The van der Waals surface area contributed by atoms with E-state index in [0.717, 1.165) is 31.2 Å². The number of aryl methyl sites for hydroxylation is 1. The van der Waals surface area contributed by atoms with Gasteiger partial charge in [-0.1, -0.05) is 18.5 Å². The van der Waals surface area contributed by atoms with E-state index < -0.39 is 11.7 Å². The molecule has 2 bridgehead atoms. The smallest absolute Gasteiger partial charge is 0.303 e. The number of nitrogens with one attached hydrogen (secondary N) is 1. The van der Waals surface area contributed by atoms with Crippen LogP contribution in [0.3, 0.4) is 0 Å². The zero-order chi connectivity index (χ0) is 20.3. The van der Waals surface area contributed by atoms with Crippen LogP contribution in [0.2, 0.25) is 5.15 Å². The lowest BCUT2D eigenvalue weighted by Gasteiger charge is -2.48. The van der Waals surface area contributed by atoms with Crippen molar-refractivity contribution in [2.24, 2.45) is 0 Å². The lowest BCUT2D eigenvalue weighted by molar-refractivity contribution is 0.00742. The molecule has 3 aliphatic heterocycles. The molecule has 0 radical (unpaired) electrons. The number of alkyl halides is 2. The van der Waals surface area contributed by atoms with Gasteiger partial charge in [-0.05, 0) is 12.8 Å². The van der Waals surface area contributed by atoms with Crippen LogP contribution >= 0.6 is 24.0 Å². The topological polar surface area (TPSA) is 71.8 Å². The molecule has 0 aliphatic carbocycles. The van der Waals surface area contributed by atoms with Crippen molar-refractivity contribution in [3.05, 3.63) is 35.0 Å². The van der Waals surface area contributed by atoms with Gasteiger partial charge in [0, 0.05) is 56.1 Å². The van der Waals surface area contributed by atoms with E-state index in [1.54, 1.807) is 23.0 Å². The van der Waals surface area contributed by atoms with Gasteiger partial charge in [0.25, 0.3) is 0 Å². The third kappa shape index (κ3) is 3.59. The third-order valence-corrected chi connectivity index (χ3v) is 5.68. The summed E-state index contributed by atoms with van der Waals surface area (Å²) in [6, 6.07) is 4.28. The van der Waals surface area contributed by atoms with E-state index in [-0.39, 0.29) is 12.4 Å². The van der Waals surface area contributed by atoms with Gasteiger partial charge < -0.3 is 10.2 Å². The number of hydrogen-bond acceptors (Lipinski definition) is 6. The first-order chi connectivity index (χ1) is 13.8. The minimum atomic E-state index is -3.15. The van der Waals surface area contributed by atoms with Crippen LogP contribution in [0.4, 0.5) is 14.6 Å². The predicted molar refractivity (Wildman–Crippen MR) is 113 cm³/mol. The summed E-state index contributed by atoms with van der Waals surface area (Å²) in [5.74, 6) is -2.60. The van der Waals surface area contributed by atoms with E-state index in [0.29, 0.717) is 40.7 Å². The average molecular weight is 456 g/mol. The zero-order valence-corrected chi connectivity index (χ0v) is 18.0. The molecule has 3 aromatic heterocycles. The highest BCUT2D eigenvalue weighted by Crippen LogP contribution is 2.33. The second-order valence-corrected chi connectivity index (χ2v) is 8.13. The highest BCUT2D eigenvalue weighted by atomic mass is 35.5. The van der Waals surface area contributed by atoms with Gasteiger partial charge in [0.1, 0.15) is 5.15 Å². The number of anilines is 1. The Balaban J connectivity index is 0.00000218. The summed E-state index contributed by atoms with van der Waals surface area (Å²) < 4.78 is 29.5. The Labute approximate surface area is 183 Å². The predicted octanol–water partition coefficient (Wildman–Crippen LogP) is 3.51. The molecule has 6 rings (SSSR count). The fraction of sp³-hybridized carbons (Fsp3) is 0.474. The molecular weight excluding hydrogens is 435 g/mol. The number of piperazine rings is 1. The lowest BCUT2D eigenvalue weighted by Crippen LogP contribution is -2.67. The summed E-state index contributed by atoms with van der Waals surface area (Å²) in [5, 5.41) is 9.38. The number of hydrogen-bond donors (Lipinski definition) is 1. The Morgan fingerprint density at radius 1 is 1.23 bits per heavy atom. The normalized spacial score (nSPS) is 20.8. The zero-order valence-electron chi connectivity index (χ0n) is 16.4. The molecular formula is C19H21Cl2F2N7. The van der Waals surface area contributed by atoms with E-state index in [1.165, 1.54) is 6.42 Å². The highest BCUT2D eigenvalue weighted by Gasteiger charge is 2.38. The maximum Gasteiger partial charge on any atom is 0.303 e. The van der Waals surface area contributed by atoms with E-state index in [4.69, 9.17) is 16.7 Å². The fourth-order valence-electron chi connectivity index (χ4n) is 4.03. The highest BCUT2D eigenvalue weighted by molar-refractivity contribution is 6.30. The number of piperidine rings is 1. The quantitative estimate of drug-likeness (QED) is 0.606. The van der Waals surface area contributed by atoms with Gasteiger partial charge in [0.15, 0.2) is 11.6 Å². The Hall–Kier alpha value is -2.10. The van der Waals surface area contributed by atoms with Gasteiger partial charge in [-0.25, -0.2) is 19.6 Å². The second kappa shape index (κ2) is 7.55. The number of halogens is 4. The Morgan fingerprint density at radius 3 is 2.57 bits per heavy atom. The van der Waals surface area contributed by atoms with Crippen LogP contribution in [0.15, 0.2) is 18.3 Å². The summed E-state index contributed by atoms with van der Waals surface area (Å²) in [5.41, 5.74) is 1.21.